The van der Waals surface area contributed by atoms with Crippen LogP contribution in [-0.4, -0.2) is 32.5 Å². The molecule has 28 heavy (non-hydrogen) atoms. The van der Waals surface area contributed by atoms with E-state index in [-0.39, 0.29) is 12.3 Å². The number of halogens is 1. The summed E-state index contributed by atoms with van der Waals surface area (Å²) in [5.41, 5.74) is 1.77. The Hall–Kier alpha value is -2.58. The molecular weight excluding hydrogens is 402 g/mol. The van der Waals surface area contributed by atoms with Gasteiger partial charge in [-0.15, -0.1) is 0 Å². The van der Waals surface area contributed by atoms with E-state index in [2.05, 4.69) is 10.6 Å². The average Bonchev–Trinajstić information content (AvgIpc) is 2.68. The van der Waals surface area contributed by atoms with E-state index in [1.54, 1.807) is 48.5 Å². The predicted molar refractivity (Wildman–Crippen MR) is 109 cm³/mol. The second kappa shape index (κ2) is 8.62. The second-order valence-corrected chi connectivity index (χ2v) is 8.85. The minimum Gasteiger partial charge on any atom is -0.344 e. The summed E-state index contributed by atoms with van der Waals surface area (Å²) in [6.45, 7) is 0.649. The van der Waals surface area contributed by atoms with E-state index in [9.17, 15) is 18.0 Å². The summed E-state index contributed by atoms with van der Waals surface area (Å²) in [7, 11) is -3.29. The molecule has 0 atom stereocenters. The Balaban J connectivity index is 1.56. The van der Waals surface area contributed by atoms with Crippen molar-refractivity contribution in [2.24, 2.45) is 0 Å². The van der Waals surface area contributed by atoms with Crippen LogP contribution in [0.2, 0.25) is 5.02 Å². The molecule has 0 bridgehead atoms. The number of hydrogen-bond donors (Lipinski definition) is 2. The van der Waals surface area contributed by atoms with Gasteiger partial charge in [-0.1, -0.05) is 23.7 Å². The first-order valence-electron chi connectivity index (χ1n) is 8.79. The molecule has 3 rings (SSSR count). The monoisotopic (exact) mass is 421 g/mol. The van der Waals surface area contributed by atoms with E-state index in [1.807, 2.05) is 0 Å². The van der Waals surface area contributed by atoms with Crippen LogP contribution in [-0.2, 0) is 26.2 Å². The quantitative estimate of drug-likeness (QED) is 0.741. The maximum absolute atomic E-state index is 12.1. The van der Waals surface area contributed by atoms with Gasteiger partial charge in [-0.3, -0.25) is 13.9 Å². The summed E-state index contributed by atoms with van der Waals surface area (Å²) in [6, 6.07) is 13.3. The Morgan fingerprint density at radius 3 is 2.29 bits per heavy atom. The van der Waals surface area contributed by atoms with Crippen LogP contribution in [0.1, 0.15) is 18.4 Å². The van der Waals surface area contributed by atoms with Crippen LogP contribution in [0.3, 0.4) is 0 Å². The molecule has 148 valence electrons. The molecule has 0 aliphatic carbocycles. The van der Waals surface area contributed by atoms with Crippen molar-refractivity contribution >= 4 is 44.8 Å². The molecule has 0 aromatic heterocycles. The lowest BCUT2D eigenvalue weighted by Crippen LogP contribution is -2.37. The van der Waals surface area contributed by atoms with Gasteiger partial charge in [-0.2, -0.15) is 0 Å². The van der Waals surface area contributed by atoms with Crippen LogP contribution < -0.4 is 14.9 Å². The number of benzene rings is 2. The van der Waals surface area contributed by atoms with E-state index in [0.717, 1.165) is 12.0 Å². The molecule has 1 fully saturated rings. The predicted octanol–water partition coefficient (Wildman–Crippen LogP) is 2.52. The number of rotatable bonds is 4. The fourth-order valence-corrected chi connectivity index (χ4v) is 4.61. The van der Waals surface area contributed by atoms with Gasteiger partial charge in [0, 0.05) is 23.8 Å². The molecule has 2 aromatic rings. The molecule has 0 radical (unpaired) electrons. The zero-order valence-corrected chi connectivity index (χ0v) is 16.6. The first-order chi connectivity index (χ1) is 13.3. The summed E-state index contributed by atoms with van der Waals surface area (Å²) in [4.78, 5) is 24.0. The summed E-state index contributed by atoms with van der Waals surface area (Å²) >= 11 is 5.80. The number of hydrogen-bond acceptors (Lipinski definition) is 4. The van der Waals surface area contributed by atoms with Gasteiger partial charge in [0.2, 0.25) is 10.0 Å². The van der Waals surface area contributed by atoms with E-state index in [0.29, 0.717) is 29.4 Å². The zero-order valence-electron chi connectivity index (χ0n) is 15.0. The Labute approximate surface area is 168 Å². The van der Waals surface area contributed by atoms with Crippen molar-refractivity contribution in [3.8, 4) is 0 Å². The highest BCUT2D eigenvalue weighted by Crippen LogP contribution is 2.24. The van der Waals surface area contributed by atoms with Gasteiger partial charge in [0.05, 0.1) is 11.4 Å². The van der Waals surface area contributed by atoms with E-state index >= 15 is 0 Å². The Kier molecular flexibility index (Phi) is 6.21. The molecule has 0 spiro atoms. The van der Waals surface area contributed by atoms with Crippen LogP contribution in [0.15, 0.2) is 48.5 Å². The van der Waals surface area contributed by atoms with Crippen molar-refractivity contribution in [3.63, 3.8) is 0 Å². The van der Waals surface area contributed by atoms with Gasteiger partial charge in [0.1, 0.15) is 0 Å². The standard InChI is InChI=1S/C19H20ClN3O4S/c20-15-5-3-14(4-6-15)13-21-18(24)19(25)22-16-7-9-17(10-8-16)23-11-1-2-12-28(23,26)27/h3-10H,1-2,11-13H2,(H,21,24)(H,22,25). The minimum atomic E-state index is -3.29. The van der Waals surface area contributed by atoms with Crippen molar-refractivity contribution in [3.05, 3.63) is 59.1 Å². The Morgan fingerprint density at radius 1 is 0.964 bits per heavy atom. The lowest BCUT2D eigenvalue weighted by Gasteiger charge is -2.28. The van der Waals surface area contributed by atoms with E-state index in [4.69, 9.17) is 11.6 Å². The van der Waals surface area contributed by atoms with Gasteiger partial charge in [-0.25, -0.2) is 8.42 Å². The van der Waals surface area contributed by atoms with Crippen LogP contribution in [0.5, 0.6) is 0 Å². The first kappa shape index (κ1) is 20.2. The summed E-state index contributed by atoms with van der Waals surface area (Å²) in [6.07, 6.45) is 1.48. The third-order valence-corrected chi connectivity index (χ3v) is 6.46. The number of nitrogens with one attached hydrogen (secondary N) is 2. The number of carbonyl (C=O) groups is 2. The molecule has 2 amide bonds. The van der Waals surface area contributed by atoms with Gasteiger partial charge < -0.3 is 10.6 Å². The molecule has 1 aliphatic heterocycles. The smallest absolute Gasteiger partial charge is 0.313 e. The largest absolute Gasteiger partial charge is 0.344 e. The van der Waals surface area contributed by atoms with Crippen LogP contribution in [0.25, 0.3) is 0 Å². The normalized spacial score (nSPS) is 15.7. The summed E-state index contributed by atoms with van der Waals surface area (Å²) < 4.78 is 25.7. The van der Waals surface area contributed by atoms with Crippen molar-refractivity contribution < 1.29 is 18.0 Å². The molecule has 7 nitrogen and oxygen atoms in total. The summed E-state index contributed by atoms with van der Waals surface area (Å²) in [5.74, 6) is -1.43. The van der Waals surface area contributed by atoms with Gasteiger partial charge >= 0.3 is 11.8 Å². The third-order valence-electron chi connectivity index (χ3n) is 4.33. The highest BCUT2D eigenvalue weighted by Gasteiger charge is 2.25. The lowest BCUT2D eigenvalue weighted by atomic mass is 10.2. The molecule has 0 saturated carbocycles. The number of sulfonamides is 1. The second-order valence-electron chi connectivity index (χ2n) is 6.41. The maximum atomic E-state index is 12.1. The molecule has 0 unspecified atom stereocenters. The van der Waals surface area contributed by atoms with Gasteiger partial charge in [0.25, 0.3) is 0 Å². The van der Waals surface area contributed by atoms with Crippen LogP contribution >= 0.6 is 11.6 Å². The fourth-order valence-electron chi connectivity index (χ4n) is 2.84. The first-order valence-corrected chi connectivity index (χ1v) is 10.8. The van der Waals surface area contributed by atoms with Crippen molar-refractivity contribution in [2.45, 2.75) is 19.4 Å². The van der Waals surface area contributed by atoms with Crippen LogP contribution in [0.4, 0.5) is 11.4 Å². The molecule has 2 aromatic carbocycles. The number of anilines is 2. The topological polar surface area (TPSA) is 95.6 Å². The third kappa shape index (κ3) is 5.02. The molecule has 1 aliphatic rings. The maximum Gasteiger partial charge on any atom is 0.313 e. The average molecular weight is 422 g/mol. The molecule has 2 N–H and O–H groups in total. The molecule has 9 heteroatoms. The van der Waals surface area contributed by atoms with E-state index < -0.39 is 21.8 Å². The van der Waals surface area contributed by atoms with Crippen LogP contribution in [0, 0.1) is 0 Å². The van der Waals surface area contributed by atoms with Gasteiger partial charge in [0.15, 0.2) is 0 Å². The van der Waals surface area contributed by atoms with Gasteiger partial charge in [-0.05, 0) is 54.8 Å². The fraction of sp³-hybridized carbons (Fsp3) is 0.263. The van der Waals surface area contributed by atoms with E-state index in [1.165, 1.54) is 4.31 Å². The number of nitrogens with zero attached hydrogens (tertiary/aromatic N) is 1. The highest BCUT2D eigenvalue weighted by atomic mass is 35.5. The SMILES string of the molecule is O=C(NCc1ccc(Cl)cc1)C(=O)Nc1ccc(N2CCCCS2(=O)=O)cc1. The zero-order chi connectivity index (χ0) is 20.1. The Bertz CT molecular complexity index is 960. The Morgan fingerprint density at radius 2 is 1.64 bits per heavy atom. The van der Waals surface area contributed by atoms with Crippen molar-refractivity contribution in [2.75, 3.05) is 21.9 Å². The lowest BCUT2D eigenvalue weighted by molar-refractivity contribution is -0.136. The molecular formula is C19H20ClN3O4S. The summed E-state index contributed by atoms with van der Waals surface area (Å²) in [5, 5.41) is 5.62. The number of carbonyl (C=O) groups excluding carboxylic acids is 2. The van der Waals surface area contributed by atoms with Crippen molar-refractivity contribution in [1.82, 2.24) is 5.32 Å². The molecule has 1 heterocycles. The van der Waals surface area contributed by atoms with Crippen molar-refractivity contribution in [1.29, 1.82) is 0 Å². The minimum absolute atomic E-state index is 0.138. The molecule has 1 saturated heterocycles. The highest BCUT2D eigenvalue weighted by molar-refractivity contribution is 7.92. The number of amides is 2.